The predicted octanol–water partition coefficient (Wildman–Crippen LogP) is 2.65. The van der Waals surface area contributed by atoms with E-state index >= 15 is 0 Å². The molecule has 1 amide bonds. The predicted molar refractivity (Wildman–Crippen MR) is 113 cm³/mol. The van der Waals surface area contributed by atoms with Crippen LogP contribution in [0.25, 0.3) is 16.9 Å². The molecule has 1 aromatic carbocycles. The molecule has 2 atom stereocenters. The molecule has 2 fully saturated rings. The summed E-state index contributed by atoms with van der Waals surface area (Å²) >= 11 is 0. The number of aromatic nitrogens is 3. The van der Waals surface area contributed by atoms with Crippen molar-refractivity contribution in [2.45, 2.75) is 31.5 Å². The van der Waals surface area contributed by atoms with Crippen LogP contribution in [0.2, 0.25) is 0 Å². The van der Waals surface area contributed by atoms with Gasteiger partial charge in [-0.25, -0.2) is 13.9 Å². The van der Waals surface area contributed by atoms with Gasteiger partial charge in [0.15, 0.2) is 5.65 Å². The molecule has 2 aliphatic rings. The van der Waals surface area contributed by atoms with Crippen LogP contribution >= 0.6 is 0 Å². The average molecular weight is 408 g/mol. The molecule has 30 heavy (non-hydrogen) atoms. The van der Waals surface area contributed by atoms with Gasteiger partial charge in [0.2, 0.25) is 0 Å². The molecule has 1 aliphatic heterocycles. The summed E-state index contributed by atoms with van der Waals surface area (Å²) in [5.41, 5.74) is 3.15. The summed E-state index contributed by atoms with van der Waals surface area (Å²) in [6.45, 7) is 1.74. The Labute approximate surface area is 174 Å². The molecule has 0 unspecified atom stereocenters. The van der Waals surface area contributed by atoms with Gasteiger partial charge in [0.1, 0.15) is 12.0 Å². The Morgan fingerprint density at radius 3 is 2.73 bits per heavy atom. The summed E-state index contributed by atoms with van der Waals surface area (Å²) < 4.78 is 15.0. The third kappa shape index (κ3) is 4.14. The van der Waals surface area contributed by atoms with Crippen molar-refractivity contribution in [2.24, 2.45) is 5.92 Å². The number of alkyl halides is 1. The van der Waals surface area contributed by atoms with Gasteiger partial charge in [-0.05, 0) is 49.4 Å². The standard InChI is InChI=1S/C22H25FN6O/c23-17-9-18(24-11-17)12-27-22(30)16-5-3-15(4-6-16)19-13-26-21-8-7-20(28-29(19)21)25-10-14-1-2-14/h3-8,13-14,17-18,24H,1-2,9-12H2,(H,25,28)(H,27,30)/t17-,18+/m1/s1. The fraction of sp³-hybridized carbons (Fsp3) is 0.409. The van der Waals surface area contributed by atoms with Gasteiger partial charge < -0.3 is 16.0 Å². The zero-order valence-corrected chi connectivity index (χ0v) is 16.6. The number of rotatable bonds is 7. The summed E-state index contributed by atoms with van der Waals surface area (Å²) in [5.74, 6) is 1.44. The Balaban J connectivity index is 1.28. The Hall–Kier alpha value is -3.00. The number of halogens is 1. The second kappa shape index (κ2) is 8.02. The van der Waals surface area contributed by atoms with Gasteiger partial charge in [-0.1, -0.05) is 12.1 Å². The lowest BCUT2D eigenvalue weighted by Gasteiger charge is -2.11. The molecule has 7 nitrogen and oxygen atoms in total. The highest BCUT2D eigenvalue weighted by Gasteiger charge is 2.24. The number of nitrogens with one attached hydrogen (secondary N) is 3. The third-order valence-electron chi connectivity index (χ3n) is 5.75. The maximum atomic E-state index is 13.2. The Kier molecular flexibility index (Phi) is 5.08. The first-order valence-electron chi connectivity index (χ1n) is 10.5. The maximum absolute atomic E-state index is 13.2. The van der Waals surface area contributed by atoms with E-state index in [0.717, 1.165) is 35.2 Å². The van der Waals surface area contributed by atoms with E-state index in [1.54, 1.807) is 18.3 Å². The smallest absolute Gasteiger partial charge is 0.251 e. The average Bonchev–Trinajstić information content (AvgIpc) is 3.36. The van der Waals surface area contributed by atoms with Gasteiger partial charge >= 0.3 is 0 Å². The van der Waals surface area contributed by atoms with Crippen molar-refractivity contribution < 1.29 is 9.18 Å². The van der Waals surface area contributed by atoms with Gasteiger partial charge in [-0.15, -0.1) is 5.10 Å². The Bertz CT molecular complexity index is 1050. The molecule has 3 heterocycles. The number of carbonyl (C=O) groups is 1. The quantitative estimate of drug-likeness (QED) is 0.560. The van der Waals surface area contributed by atoms with Gasteiger partial charge in [-0.3, -0.25) is 4.79 Å². The number of carbonyl (C=O) groups excluding carboxylic acids is 1. The molecule has 0 radical (unpaired) electrons. The molecule has 5 rings (SSSR count). The van der Waals surface area contributed by atoms with E-state index in [1.807, 2.05) is 28.8 Å². The van der Waals surface area contributed by atoms with Crippen molar-refractivity contribution >= 4 is 17.4 Å². The number of nitrogens with zero attached hydrogens (tertiary/aromatic N) is 3. The minimum absolute atomic E-state index is 0.00447. The topological polar surface area (TPSA) is 83.3 Å². The van der Waals surface area contributed by atoms with E-state index in [-0.39, 0.29) is 11.9 Å². The molecule has 8 heteroatoms. The largest absolute Gasteiger partial charge is 0.368 e. The lowest BCUT2D eigenvalue weighted by atomic mass is 10.1. The monoisotopic (exact) mass is 408 g/mol. The lowest BCUT2D eigenvalue weighted by molar-refractivity contribution is 0.0950. The van der Waals surface area contributed by atoms with Crippen LogP contribution in [0.5, 0.6) is 0 Å². The normalized spacial score (nSPS) is 21.1. The zero-order valence-electron chi connectivity index (χ0n) is 16.6. The summed E-state index contributed by atoms with van der Waals surface area (Å²) in [7, 11) is 0. The molecule has 1 aliphatic carbocycles. The van der Waals surface area contributed by atoms with Crippen LogP contribution in [0.15, 0.2) is 42.6 Å². The summed E-state index contributed by atoms with van der Waals surface area (Å²) in [6, 6.07) is 11.3. The van der Waals surface area contributed by atoms with Crippen LogP contribution in [0.1, 0.15) is 29.6 Å². The number of anilines is 1. The third-order valence-corrected chi connectivity index (χ3v) is 5.75. The van der Waals surface area contributed by atoms with Crippen LogP contribution in [0.4, 0.5) is 10.2 Å². The van der Waals surface area contributed by atoms with Crippen molar-refractivity contribution in [3.8, 4) is 11.3 Å². The molecule has 1 saturated heterocycles. The molecular weight excluding hydrogens is 383 g/mol. The second-order valence-electron chi connectivity index (χ2n) is 8.18. The van der Waals surface area contributed by atoms with Crippen LogP contribution in [0.3, 0.4) is 0 Å². The van der Waals surface area contributed by atoms with Crippen LogP contribution in [0, 0.1) is 5.92 Å². The molecule has 3 aromatic rings. The van der Waals surface area contributed by atoms with E-state index in [4.69, 9.17) is 0 Å². The minimum atomic E-state index is -0.824. The van der Waals surface area contributed by atoms with E-state index in [2.05, 4.69) is 26.0 Å². The fourth-order valence-corrected chi connectivity index (χ4v) is 3.77. The first kappa shape index (κ1) is 19.0. The van der Waals surface area contributed by atoms with Crippen molar-refractivity contribution in [2.75, 3.05) is 25.0 Å². The maximum Gasteiger partial charge on any atom is 0.251 e. The number of fused-ring (bicyclic) bond motifs is 1. The van der Waals surface area contributed by atoms with Crippen LogP contribution in [-0.2, 0) is 0 Å². The molecular formula is C22H25FN6O. The highest BCUT2D eigenvalue weighted by Crippen LogP contribution is 2.29. The van der Waals surface area contributed by atoms with Crippen molar-refractivity contribution in [3.63, 3.8) is 0 Å². The summed E-state index contributed by atoms with van der Waals surface area (Å²) in [5, 5.41) is 14.0. The van der Waals surface area contributed by atoms with Gasteiger partial charge in [0.05, 0.1) is 11.9 Å². The van der Waals surface area contributed by atoms with Crippen molar-refractivity contribution in [1.29, 1.82) is 0 Å². The highest BCUT2D eigenvalue weighted by molar-refractivity contribution is 5.94. The Morgan fingerprint density at radius 2 is 2.00 bits per heavy atom. The van der Waals surface area contributed by atoms with Gasteiger partial charge in [0, 0.05) is 36.8 Å². The summed E-state index contributed by atoms with van der Waals surface area (Å²) in [4.78, 5) is 16.8. The first-order chi connectivity index (χ1) is 14.7. The lowest BCUT2D eigenvalue weighted by Crippen LogP contribution is -2.37. The first-order valence-corrected chi connectivity index (χ1v) is 10.5. The van der Waals surface area contributed by atoms with Gasteiger partial charge in [-0.2, -0.15) is 0 Å². The number of hydrogen-bond donors (Lipinski definition) is 3. The van der Waals surface area contributed by atoms with Crippen LogP contribution in [-0.4, -0.2) is 52.4 Å². The van der Waals surface area contributed by atoms with Gasteiger partial charge in [0.25, 0.3) is 5.91 Å². The van der Waals surface area contributed by atoms with E-state index in [0.29, 0.717) is 25.1 Å². The molecule has 2 aromatic heterocycles. The highest BCUT2D eigenvalue weighted by atomic mass is 19.1. The molecule has 3 N–H and O–H groups in total. The molecule has 0 bridgehead atoms. The zero-order chi connectivity index (χ0) is 20.5. The molecule has 0 spiro atoms. The number of amides is 1. The van der Waals surface area contributed by atoms with E-state index in [1.165, 1.54) is 12.8 Å². The van der Waals surface area contributed by atoms with Crippen molar-refractivity contribution in [3.05, 3.63) is 48.2 Å². The summed E-state index contributed by atoms with van der Waals surface area (Å²) in [6.07, 6.45) is 3.99. The fourth-order valence-electron chi connectivity index (χ4n) is 3.77. The van der Waals surface area contributed by atoms with Crippen molar-refractivity contribution in [1.82, 2.24) is 25.2 Å². The Morgan fingerprint density at radius 1 is 1.17 bits per heavy atom. The van der Waals surface area contributed by atoms with E-state index in [9.17, 15) is 9.18 Å². The SMILES string of the molecule is O=C(NC[C@@H]1C[C@@H](F)CN1)c1ccc(-c2cnc3ccc(NCC4CC4)nn23)cc1. The van der Waals surface area contributed by atoms with Crippen LogP contribution < -0.4 is 16.0 Å². The molecule has 1 saturated carbocycles. The number of hydrogen-bond acceptors (Lipinski definition) is 5. The number of benzene rings is 1. The van der Waals surface area contributed by atoms with E-state index < -0.39 is 6.17 Å². The molecule has 156 valence electrons. The second-order valence-corrected chi connectivity index (χ2v) is 8.18. The number of imidazole rings is 1. The minimum Gasteiger partial charge on any atom is -0.368 e.